The molecule has 0 aromatic heterocycles. The molecule has 0 saturated heterocycles. The second kappa shape index (κ2) is 11.7. The fourth-order valence-corrected chi connectivity index (χ4v) is 3.30. The van der Waals surface area contributed by atoms with Gasteiger partial charge in [0.05, 0.1) is 18.6 Å². The Morgan fingerprint density at radius 3 is 2.59 bits per heavy atom. The third kappa shape index (κ3) is 7.96. The summed E-state index contributed by atoms with van der Waals surface area (Å²) in [6, 6.07) is 10.4. The van der Waals surface area contributed by atoms with E-state index in [4.69, 9.17) is 26.2 Å². The maximum atomic E-state index is 11.9. The van der Waals surface area contributed by atoms with Crippen molar-refractivity contribution >= 4 is 57.4 Å². The summed E-state index contributed by atoms with van der Waals surface area (Å²) in [6.07, 6.45) is 1.46. The highest BCUT2D eigenvalue weighted by Crippen LogP contribution is 2.33. The number of rotatable bonds is 10. The molecule has 2 rings (SSSR count). The summed E-state index contributed by atoms with van der Waals surface area (Å²) in [5.41, 5.74) is 3.09. The first-order chi connectivity index (χ1) is 13.9. The lowest BCUT2D eigenvalue weighted by Gasteiger charge is -2.12. The molecule has 29 heavy (non-hydrogen) atoms. The minimum Gasteiger partial charge on any atom is -0.490 e. The molecular weight excluding hydrogens is 484 g/mol. The van der Waals surface area contributed by atoms with E-state index < -0.39 is 12.6 Å². The predicted octanol–water partition coefficient (Wildman–Crippen LogP) is 4.21. The Balaban J connectivity index is 1.97. The Hall–Kier alpha value is -2.23. The zero-order chi connectivity index (χ0) is 21.2. The maximum absolute atomic E-state index is 11.9. The number of carbonyl (C=O) groups excluding carboxylic acids is 1. The number of ether oxygens (including phenoxy) is 2. The number of halogens is 2. The number of amides is 1. The molecule has 0 atom stereocenters. The predicted molar refractivity (Wildman–Crippen MR) is 116 cm³/mol. The fourth-order valence-electron chi connectivity index (χ4n) is 2.06. The molecule has 0 aliphatic carbocycles. The summed E-state index contributed by atoms with van der Waals surface area (Å²) in [5, 5.41) is 13.4. The topological polar surface area (TPSA) is 97.2 Å². The zero-order valence-corrected chi connectivity index (χ0v) is 18.5. The third-order valence-corrected chi connectivity index (χ3v) is 5.24. The van der Waals surface area contributed by atoms with Crippen LogP contribution in [0, 0.1) is 0 Å². The highest BCUT2D eigenvalue weighted by Gasteiger charge is 2.11. The molecule has 7 nitrogen and oxygen atoms in total. The Morgan fingerprint density at radius 1 is 1.24 bits per heavy atom. The van der Waals surface area contributed by atoms with Gasteiger partial charge in [0.1, 0.15) is 0 Å². The second-order valence-corrected chi connectivity index (χ2v) is 7.81. The molecule has 0 spiro atoms. The van der Waals surface area contributed by atoms with Crippen LogP contribution in [0.1, 0.15) is 12.5 Å². The average molecular weight is 502 g/mol. The number of hydrogen-bond donors (Lipinski definition) is 2. The highest BCUT2D eigenvalue weighted by molar-refractivity contribution is 9.10. The minimum atomic E-state index is -1.09. The Morgan fingerprint density at radius 2 is 1.93 bits per heavy atom. The molecule has 2 N–H and O–H groups in total. The van der Waals surface area contributed by atoms with E-state index in [2.05, 4.69) is 26.5 Å². The molecule has 2 aromatic rings. The Bertz CT molecular complexity index is 893. The number of benzene rings is 2. The van der Waals surface area contributed by atoms with Gasteiger partial charge in [0, 0.05) is 20.0 Å². The molecule has 0 heterocycles. The van der Waals surface area contributed by atoms with Gasteiger partial charge in [-0.1, -0.05) is 11.6 Å². The van der Waals surface area contributed by atoms with E-state index in [0.29, 0.717) is 33.2 Å². The van der Waals surface area contributed by atoms with Gasteiger partial charge in [0.2, 0.25) is 5.91 Å². The molecule has 0 aliphatic rings. The maximum Gasteiger partial charge on any atom is 0.341 e. The zero-order valence-electron chi connectivity index (χ0n) is 15.4. The summed E-state index contributed by atoms with van der Waals surface area (Å²) in [6.45, 7) is 1.69. The normalized spacial score (nSPS) is 10.7. The van der Waals surface area contributed by atoms with Crippen LogP contribution in [-0.2, 0) is 9.59 Å². The number of hydrazone groups is 1. The number of aliphatic carboxylic acids is 1. The van der Waals surface area contributed by atoms with Crippen molar-refractivity contribution in [1.29, 1.82) is 0 Å². The van der Waals surface area contributed by atoms with E-state index in [-0.39, 0.29) is 11.7 Å². The van der Waals surface area contributed by atoms with Gasteiger partial charge in [-0.15, -0.1) is 11.8 Å². The largest absolute Gasteiger partial charge is 0.490 e. The number of thioether (sulfide) groups is 1. The van der Waals surface area contributed by atoms with Crippen LogP contribution in [0.2, 0.25) is 5.02 Å². The van der Waals surface area contributed by atoms with Crippen LogP contribution in [0.4, 0.5) is 0 Å². The van der Waals surface area contributed by atoms with Crippen molar-refractivity contribution < 1.29 is 24.2 Å². The van der Waals surface area contributed by atoms with Crippen LogP contribution in [0.5, 0.6) is 11.5 Å². The van der Waals surface area contributed by atoms with Crippen LogP contribution in [0.3, 0.4) is 0 Å². The monoisotopic (exact) mass is 500 g/mol. The number of nitrogens with one attached hydrogen (secondary N) is 1. The fraction of sp³-hybridized carbons (Fsp3) is 0.211. The van der Waals surface area contributed by atoms with Crippen LogP contribution in [-0.4, -0.2) is 42.2 Å². The first kappa shape index (κ1) is 23.1. The molecule has 2 aromatic carbocycles. The lowest BCUT2D eigenvalue weighted by molar-refractivity contribution is -0.139. The lowest BCUT2D eigenvalue weighted by atomic mass is 10.2. The molecule has 154 valence electrons. The molecule has 0 aliphatic heterocycles. The van der Waals surface area contributed by atoms with Crippen molar-refractivity contribution in [3.05, 3.63) is 51.5 Å². The van der Waals surface area contributed by atoms with Gasteiger partial charge in [-0.3, -0.25) is 4.79 Å². The number of hydrogen-bond acceptors (Lipinski definition) is 6. The van der Waals surface area contributed by atoms with Gasteiger partial charge in [-0.2, -0.15) is 5.10 Å². The first-order valence-electron chi connectivity index (χ1n) is 8.40. The smallest absolute Gasteiger partial charge is 0.341 e. The molecule has 10 heteroatoms. The number of carboxylic acids is 1. The molecule has 0 radical (unpaired) electrons. The van der Waals surface area contributed by atoms with Crippen molar-refractivity contribution in [2.75, 3.05) is 19.0 Å². The average Bonchev–Trinajstić information content (AvgIpc) is 2.68. The van der Waals surface area contributed by atoms with E-state index in [1.165, 1.54) is 18.0 Å². The van der Waals surface area contributed by atoms with E-state index in [9.17, 15) is 9.59 Å². The van der Waals surface area contributed by atoms with Crippen molar-refractivity contribution in [3.63, 3.8) is 0 Å². The quantitative estimate of drug-likeness (QED) is 0.288. The molecule has 0 bridgehead atoms. The van der Waals surface area contributed by atoms with Crippen LogP contribution >= 0.6 is 39.3 Å². The van der Waals surface area contributed by atoms with Gasteiger partial charge in [0.15, 0.2) is 18.1 Å². The summed E-state index contributed by atoms with van der Waals surface area (Å²) >= 11 is 10.6. The first-order valence-corrected chi connectivity index (χ1v) is 10.6. The summed E-state index contributed by atoms with van der Waals surface area (Å²) in [4.78, 5) is 23.6. The SMILES string of the molecule is CCOc1cc(/C=N\NC(=O)CSc2ccc(Cl)cc2)c(Br)cc1OCC(=O)O. The number of carboxylic acid groups (broad SMARTS) is 1. The second-order valence-electron chi connectivity index (χ2n) is 5.47. The van der Waals surface area contributed by atoms with E-state index in [1.807, 2.05) is 12.1 Å². The van der Waals surface area contributed by atoms with Gasteiger partial charge in [-0.05, 0) is 59.3 Å². The van der Waals surface area contributed by atoms with Gasteiger partial charge < -0.3 is 14.6 Å². The van der Waals surface area contributed by atoms with Crippen molar-refractivity contribution in [1.82, 2.24) is 5.43 Å². The summed E-state index contributed by atoms with van der Waals surface area (Å²) in [5.74, 6) is -0.478. The van der Waals surface area contributed by atoms with Gasteiger partial charge >= 0.3 is 5.97 Å². The van der Waals surface area contributed by atoms with Crippen molar-refractivity contribution in [2.45, 2.75) is 11.8 Å². The molecule has 0 unspecified atom stereocenters. The molecule has 1 amide bonds. The van der Waals surface area contributed by atoms with Crippen LogP contribution in [0.25, 0.3) is 0 Å². The van der Waals surface area contributed by atoms with Crippen molar-refractivity contribution in [3.8, 4) is 11.5 Å². The van der Waals surface area contributed by atoms with E-state index in [0.717, 1.165) is 4.90 Å². The van der Waals surface area contributed by atoms with Gasteiger partial charge in [0.25, 0.3) is 0 Å². The number of nitrogens with zero attached hydrogens (tertiary/aromatic N) is 1. The minimum absolute atomic E-state index is 0.201. The number of carbonyl (C=O) groups is 2. The molecule has 0 fully saturated rings. The van der Waals surface area contributed by atoms with Crippen LogP contribution in [0.15, 0.2) is 50.9 Å². The van der Waals surface area contributed by atoms with Crippen LogP contribution < -0.4 is 14.9 Å². The Labute approximate surface area is 185 Å². The summed E-state index contributed by atoms with van der Waals surface area (Å²) in [7, 11) is 0. The lowest BCUT2D eigenvalue weighted by Crippen LogP contribution is -2.19. The third-order valence-electron chi connectivity index (χ3n) is 3.29. The van der Waals surface area contributed by atoms with E-state index in [1.54, 1.807) is 31.2 Å². The van der Waals surface area contributed by atoms with Crippen molar-refractivity contribution in [2.24, 2.45) is 5.10 Å². The standard InChI is InChI=1S/C19H18BrClN2O5S/c1-2-27-16-7-12(15(20)8-17(16)28-10-19(25)26)9-22-23-18(24)11-29-14-5-3-13(21)4-6-14/h3-9H,2,10-11H2,1H3,(H,23,24)(H,25,26)/b22-9-. The summed E-state index contributed by atoms with van der Waals surface area (Å²) < 4.78 is 11.3. The van der Waals surface area contributed by atoms with Gasteiger partial charge in [-0.25, -0.2) is 10.2 Å². The Kier molecular flexibility index (Phi) is 9.30. The highest BCUT2D eigenvalue weighted by atomic mass is 79.9. The molecular formula is C19H18BrClN2O5S. The molecule has 0 saturated carbocycles. The van der Waals surface area contributed by atoms with E-state index >= 15 is 0 Å².